The summed E-state index contributed by atoms with van der Waals surface area (Å²) in [5.74, 6) is 0.236. The van der Waals surface area contributed by atoms with Crippen molar-refractivity contribution in [3.63, 3.8) is 0 Å². The first-order valence-corrected chi connectivity index (χ1v) is 8.48. The zero-order chi connectivity index (χ0) is 17.0. The first-order valence-electron chi connectivity index (χ1n) is 8.48. The molecule has 2 heterocycles. The van der Waals surface area contributed by atoms with Crippen molar-refractivity contribution in [2.24, 2.45) is 0 Å². The van der Waals surface area contributed by atoms with Crippen molar-refractivity contribution >= 4 is 5.91 Å². The highest BCUT2D eigenvalue weighted by Crippen LogP contribution is 2.23. The van der Waals surface area contributed by atoms with Gasteiger partial charge in [0.15, 0.2) is 0 Å². The molecule has 1 aliphatic heterocycles. The van der Waals surface area contributed by atoms with Crippen LogP contribution in [-0.2, 0) is 10.3 Å². The van der Waals surface area contributed by atoms with E-state index in [1.165, 1.54) is 0 Å². The van der Waals surface area contributed by atoms with Gasteiger partial charge in [0.05, 0.1) is 18.8 Å². The molecule has 0 atom stereocenters. The third kappa shape index (κ3) is 4.78. The second-order valence-electron chi connectivity index (χ2n) is 7.40. The number of ether oxygens (including phenoxy) is 1. The number of carbonyl (C=O) groups excluding carboxylic acids is 1. The Labute approximate surface area is 139 Å². The summed E-state index contributed by atoms with van der Waals surface area (Å²) in [7, 11) is 0. The first-order chi connectivity index (χ1) is 10.8. The van der Waals surface area contributed by atoms with Gasteiger partial charge in [-0.05, 0) is 32.8 Å². The summed E-state index contributed by atoms with van der Waals surface area (Å²) < 4.78 is 7.29. The minimum atomic E-state index is -0.133. The molecule has 1 amide bonds. The average Bonchev–Trinajstić information content (AvgIpc) is 2.94. The molecule has 0 spiro atoms. The largest absolute Gasteiger partial charge is 0.379 e. The standard InChI is InChI=1S/C17H30N4O2/c1-13(2)15-12-14(19-21(15)17(3,4)5)16(22)18-6-7-20-8-10-23-11-9-20/h12-13H,6-11H2,1-5H3,(H,18,22). The molecule has 0 unspecified atom stereocenters. The Kier molecular flexibility index (Phi) is 5.81. The summed E-state index contributed by atoms with van der Waals surface area (Å²) in [6.45, 7) is 15.5. The van der Waals surface area contributed by atoms with Crippen molar-refractivity contribution < 1.29 is 9.53 Å². The molecule has 1 aliphatic rings. The summed E-state index contributed by atoms with van der Waals surface area (Å²) in [6, 6.07) is 1.92. The number of rotatable bonds is 5. The number of hydrogen-bond acceptors (Lipinski definition) is 4. The van der Waals surface area contributed by atoms with E-state index in [-0.39, 0.29) is 11.4 Å². The maximum Gasteiger partial charge on any atom is 0.271 e. The highest BCUT2D eigenvalue weighted by Gasteiger charge is 2.23. The van der Waals surface area contributed by atoms with Crippen LogP contribution >= 0.6 is 0 Å². The Morgan fingerprint density at radius 3 is 2.52 bits per heavy atom. The third-order valence-electron chi connectivity index (χ3n) is 4.01. The van der Waals surface area contributed by atoms with Crippen LogP contribution in [0.5, 0.6) is 0 Å². The van der Waals surface area contributed by atoms with Crippen molar-refractivity contribution in [3.8, 4) is 0 Å². The number of nitrogens with zero attached hydrogens (tertiary/aromatic N) is 3. The smallest absolute Gasteiger partial charge is 0.271 e. The molecular weight excluding hydrogens is 292 g/mol. The number of hydrogen-bond donors (Lipinski definition) is 1. The second-order valence-corrected chi connectivity index (χ2v) is 7.40. The molecule has 130 valence electrons. The van der Waals surface area contributed by atoms with Crippen LogP contribution in [0.1, 0.15) is 56.7 Å². The summed E-state index contributed by atoms with van der Waals surface area (Å²) in [5.41, 5.74) is 1.47. The fraction of sp³-hybridized carbons (Fsp3) is 0.765. The molecule has 23 heavy (non-hydrogen) atoms. The highest BCUT2D eigenvalue weighted by molar-refractivity contribution is 5.92. The Balaban J connectivity index is 1.96. The van der Waals surface area contributed by atoms with Gasteiger partial charge in [-0.3, -0.25) is 14.4 Å². The lowest BCUT2D eigenvalue weighted by Crippen LogP contribution is -2.41. The minimum absolute atomic E-state index is 0.0943. The van der Waals surface area contributed by atoms with Crippen LogP contribution in [-0.4, -0.2) is 60.0 Å². The highest BCUT2D eigenvalue weighted by atomic mass is 16.5. The van der Waals surface area contributed by atoms with Crippen LogP contribution in [0.4, 0.5) is 0 Å². The van der Waals surface area contributed by atoms with Gasteiger partial charge in [0.1, 0.15) is 5.69 Å². The van der Waals surface area contributed by atoms with E-state index in [0.29, 0.717) is 18.2 Å². The van der Waals surface area contributed by atoms with E-state index in [9.17, 15) is 4.79 Å². The van der Waals surface area contributed by atoms with Gasteiger partial charge in [-0.2, -0.15) is 5.10 Å². The topological polar surface area (TPSA) is 59.4 Å². The summed E-state index contributed by atoms with van der Waals surface area (Å²) >= 11 is 0. The summed E-state index contributed by atoms with van der Waals surface area (Å²) in [6.07, 6.45) is 0. The molecule has 1 aromatic rings. The molecule has 0 radical (unpaired) electrons. The van der Waals surface area contributed by atoms with E-state index in [1.54, 1.807) is 0 Å². The average molecular weight is 322 g/mol. The first kappa shape index (κ1) is 17.9. The normalized spacial score (nSPS) is 16.8. The molecule has 6 heteroatoms. The molecular formula is C17H30N4O2. The van der Waals surface area contributed by atoms with E-state index in [2.05, 4.69) is 49.9 Å². The van der Waals surface area contributed by atoms with Gasteiger partial charge in [-0.25, -0.2) is 0 Å². The lowest BCUT2D eigenvalue weighted by atomic mass is 10.1. The Bertz CT molecular complexity index is 525. The van der Waals surface area contributed by atoms with Crippen LogP contribution in [0, 0.1) is 0 Å². The predicted molar refractivity (Wildman–Crippen MR) is 90.9 cm³/mol. The maximum absolute atomic E-state index is 12.4. The number of nitrogens with one attached hydrogen (secondary N) is 1. The van der Waals surface area contributed by atoms with Gasteiger partial charge in [-0.15, -0.1) is 0 Å². The van der Waals surface area contributed by atoms with Crippen LogP contribution in [0.3, 0.4) is 0 Å². The molecule has 1 N–H and O–H groups in total. The molecule has 6 nitrogen and oxygen atoms in total. The van der Waals surface area contributed by atoms with Crippen LogP contribution < -0.4 is 5.32 Å². The van der Waals surface area contributed by atoms with Crippen molar-refractivity contribution in [1.29, 1.82) is 0 Å². The maximum atomic E-state index is 12.4. The molecule has 1 fully saturated rings. The van der Waals surface area contributed by atoms with Crippen molar-refractivity contribution in [2.75, 3.05) is 39.4 Å². The molecule has 1 aromatic heterocycles. The lowest BCUT2D eigenvalue weighted by Gasteiger charge is -2.26. The van der Waals surface area contributed by atoms with Crippen LogP contribution in [0.2, 0.25) is 0 Å². The van der Waals surface area contributed by atoms with Gasteiger partial charge < -0.3 is 10.1 Å². The summed E-state index contributed by atoms with van der Waals surface area (Å²) in [4.78, 5) is 14.7. The van der Waals surface area contributed by atoms with Gasteiger partial charge in [0.2, 0.25) is 0 Å². The van der Waals surface area contributed by atoms with E-state index in [4.69, 9.17) is 4.74 Å². The predicted octanol–water partition coefficient (Wildman–Crippen LogP) is 1.82. The Morgan fingerprint density at radius 2 is 2.00 bits per heavy atom. The van der Waals surface area contributed by atoms with Crippen LogP contribution in [0.15, 0.2) is 6.07 Å². The zero-order valence-electron chi connectivity index (χ0n) is 15.1. The number of carbonyl (C=O) groups is 1. The number of amides is 1. The van der Waals surface area contributed by atoms with E-state index >= 15 is 0 Å². The van der Waals surface area contributed by atoms with Crippen molar-refractivity contribution in [3.05, 3.63) is 17.5 Å². The van der Waals surface area contributed by atoms with E-state index in [0.717, 1.165) is 38.5 Å². The monoisotopic (exact) mass is 322 g/mol. The fourth-order valence-corrected chi connectivity index (χ4v) is 2.70. The van der Waals surface area contributed by atoms with E-state index < -0.39 is 0 Å². The van der Waals surface area contributed by atoms with E-state index in [1.807, 2.05) is 10.7 Å². The van der Waals surface area contributed by atoms with Gasteiger partial charge in [0, 0.05) is 31.9 Å². The van der Waals surface area contributed by atoms with Gasteiger partial charge in [0.25, 0.3) is 5.91 Å². The SMILES string of the molecule is CC(C)c1cc(C(=O)NCCN2CCOCC2)nn1C(C)(C)C. The minimum Gasteiger partial charge on any atom is -0.379 e. The van der Waals surface area contributed by atoms with Crippen molar-refractivity contribution in [2.45, 2.75) is 46.1 Å². The summed E-state index contributed by atoms with van der Waals surface area (Å²) in [5, 5.41) is 7.52. The molecule has 0 saturated carbocycles. The third-order valence-corrected chi connectivity index (χ3v) is 4.01. The van der Waals surface area contributed by atoms with Gasteiger partial charge in [-0.1, -0.05) is 13.8 Å². The van der Waals surface area contributed by atoms with Crippen LogP contribution in [0.25, 0.3) is 0 Å². The number of aromatic nitrogens is 2. The van der Waals surface area contributed by atoms with Gasteiger partial charge >= 0.3 is 0 Å². The Hall–Kier alpha value is -1.40. The zero-order valence-corrected chi connectivity index (χ0v) is 15.1. The fourth-order valence-electron chi connectivity index (χ4n) is 2.70. The lowest BCUT2D eigenvalue weighted by molar-refractivity contribution is 0.0383. The molecule has 0 aromatic carbocycles. The number of morpholine rings is 1. The Morgan fingerprint density at radius 1 is 1.35 bits per heavy atom. The molecule has 0 bridgehead atoms. The molecule has 1 saturated heterocycles. The quantitative estimate of drug-likeness (QED) is 0.898. The second kappa shape index (κ2) is 7.45. The molecule has 0 aliphatic carbocycles. The molecule has 2 rings (SSSR count). The van der Waals surface area contributed by atoms with Crippen molar-refractivity contribution in [1.82, 2.24) is 20.0 Å².